The number of carbonyl (C=O) groups is 2. The molecule has 0 spiro atoms. The number of aromatic nitrogens is 4. The Bertz CT molecular complexity index is 811. The van der Waals surface area contributed by atoms with Gasteiger partial charge in [-0.15, -0.1) is 0 Å². The van der Waals surface area contributed by atoms with Crippen LogP contribution in [0.5, 0.6) is 0 Å². The summed E-state index contributed by atoms with van der Waals surface area (Å²) in [6, 6.07) is 0. The Balaban J connectivity index is 1.34. The van der Waals surface area contributed by atoms with Crippen molar-refractivity contribution < 1.29 is 18.8 Å². The predicted molar refractivity (Wildman–Crippen MR) is 91.3 cm³/mol. The number of nitrogens with zero attached hydrogens (tertiary/aromatic N) is 6. The van der Waals surface area contributed by atoms with Gasteiger partial charge in [0, 0.05) is 31.9 Å². The third-order valence-electron chi connectivity index (χ3n) is 4.77. The summed E-state index contributed by atoms with van der Waals surface area (Å²) in [4.78, 5) is 39.8. The van der Waals surface area contributed by atoms with E-state index in [1.165, 1.54) is 4.90 Å². The molecule has 0 aromatic carbocycles. The van der Waals surface area contributed by atoms with Crippen LogP contribution in [-0.2, 0) is 16.0 Å². The molecule has 1 unspecified atom stereocenters. The van der Waals surface area contributed by atoms with Crippen LogP contribution >= 0.6 is 0 Å². The summed E-state index contributed by atoms with van der Waals surface area (Å²) >= 11 is 0. The normalized spacial score (nSPS) is 20.0. The number of rotatable bonds is 5. The molecule has 0 N–H and O–H groups in total. The zero-order chi connectivity index (χ0) is 18.6. The number of cyclic esters (lactones) is 1. The van der Waals surface area contributed by atoms with Gasteiger partial charge in [-0.2, -0.15) is 4.98 Å². The minimum atomic E-state index is -0.417. The van der Waals surface area contributed by atoms with Crippen molar-refractivity contribution in [3.05, 3.63) is 24.5 Å². The van der Waals surface area contributed by atoms with Crippen molar-refractivity contribution >= 4 is 12.0 Å². The number of carbonyl (C=O) groups excluding carboxylic acids is 2. The van der Waals surface area contributed by atoms with Crippen LogP contribution < -0.4 is 0 Å². The van der Waals surface area contributed by atoms with Crippen molar-refractivity contribution in [3.8, 4) is 11.5 Å². The van der Waals surface area contributed by atoms with E-state index in [0.29, 0.717) is 50.1 Å². The van der Waals surface area contributed by atoms with Gasteiger partial charge in [0.1, 0.15) is 18.8 Å². The Morgan fingerprint density at radius 3 is 3.00 bits per heavy atom. The molecule has 0 aliphatic carbocycles. The summed E-state index contributed by atoms with van der Waals surface area (Å²) < 4.78 is 10.2. The molecule has 10 nitrogen and oxygen atoms in total. The van der Waals surface area contributed by atoms with E-state index in [2.05, 4.69) is 20.1 Å². The van der Waals surface area contributed by atoms with Gasteiger partial charge >= 0.3 is 6.09 Å². The summed E-state index contributed by atoms with van der Waals surface area (Å²) in [7, 11) is 0. The van der Waals surface area contributed by atoms with E-state index in [1.807, 2.05) is 0 Å². The lowest BCUT2D eigenvalue weighted by Crippen LogP contribution is -2.45. The van der Waals surface area contributed by atoms with Gasteiger partial charge in [0.2, 0.25) is 17.6 Å². The van der Waals surface area contributed by atoms with E-state index < -0.39 is 6.09 Å². The van der Waals surface area contributed by atoms with E-state index in [1.54, 1.807) is 23.5 Å². The lowest BCUT2D eigenvalue weighted by Gasteiger charge is -2.33. The average Bonchev–Trinajstić information content (AvgIpc) is 3.32. The second-order valence-electron chi connectivity index (χ2n) is 6.69. The molecule has 4 heterocycles. The van der Waals surface area contributed by atoms with E-state index in [0.717, 1.165) is 12.8 Å². The van der Waals surface area contributed by atoms with Crippen molar-refractivity contribution in [1.29, 1.82) is 0 Å². The molecule has 2 amide bonds. The zero-order valence-electron chi connectivity index (χ0n) is 14.8. The lowest BCUT2D eigenvalue weighted by molar-refractivity contribution is -0.133. The van der Waals surface area contributed by atoms with Crippen molar-refractivity contribution in [2.45, 2.75) is 19.3 Å². The van der Waals surface area contributed by atoms with E-state index in [4.69, 9.17) is 9.26 Å². The fourth-order valence-electron chi connectivity index (χ4n) is 3.39. The van der Waals surface area contributed by atoms with E-state index in [9.17, 15) is 9.59 Å². The van der Waals surface area contributed by atoms with Crippen molar-refractivity contribution in [3.63, 3.8) is 0 Å². The highest BCUT2D eigenvalue weighted by molar-refractivity contribution is 5.83. The molecule has 1 atom stereocenters. The number of hydrogen-bond donors (Lipinski definition) is 0. The molecule has 27 heavy (non-hydrogen) atoms. The predicted octanol–water partition coefficient (Wildman–Crippen LogP) is 0.760. The van der Waals surface area contributed by atoms with Gasteiger partial charge in [-0.05, 0) is 18.8 Å². The quantitative estimate of drug-likeness (QED) is 0.755. The van der Waals surface area contributed by atoms with Gasteiger partial charge in [-0.25, -0.2) is 9.78 Å². The molecule has 2 fully saturated rings. The monoisotopic (exact) mass is 372 g/mol. The standard InChI is InChI=1S/C17H20N6O4/c24-15(11-23-6-7-26-17(23)25)22-5-1-2-12(10-22)8-14-20-16(21-27-14)13-9-18-3-4-19-13/h3-4,9,12H,1-2,5-8,10-11H2. The summed E-state index contributed by atoms with van der Waals surface area (Å²) in [6.07, 6.45) is 6.82. The van der Waals surface area contributed by atoms with Crippen molar-refractivity contribution in [2.24, 2.45) is 5.92 Å². The Morgan fingerprint density at radius 1 is 1.30 bits per heavy atom. The Labute approximate surface area is 155 Å². The molecular formula is C17H20N6O4. The first-order valence-electron chi connectivity index (χ1n) is 8.97. The Kier molecular flexibility index (Phi) is 4.95. The smallest absolute Gasteiger partial charge is 0.410 e. The Morgan fingerprint density at radius 2 is 2.22 bits per heavy atom. The fourth-order valence-corrected chi connectivity index (χ4v) is 3.39. The molecule has 0 saturated carbocycles. The van der Waals surface area contributed by atoms with Gasteiger partial charge in [0.25, 0.3) is 0 Å². The molecule has 2 aromatic heterocycles. The second kappa shape index (κ2) is 7.68. The number of likely N-dealkylation sites (tertiary alicyclic amines) is 1. The van der Waals surface area contributed by atoms with E-state index >= 15 is 0 Å². The number of ether oxygens (including phenoxy) is 1. The summed E-state index contributed by atoms with van der Waals surface area (Å²) in [5, 5.41) is 3.96. The fraction of sp³-hybridized carbons (Fsp3) is 0.529. The molecule has 2 aliphatic heterocycles. The highest BCUT2D eigenvalue weighted by Crippen LogP contribution is 2.22. The average molecular weight is 372 g/mol. The molecule has 2 aliphatic rings. The number of piperidine rings is 1. The van der Waals surface area contributed by atoms with Gasteiger partial charge in [0.05, 0.1) is 12.7 Å². The van der Waals surface area contributed by atoms with Crippen LogP contribution in [0.25, 0.3) is 11.5 Å². The lowest BCUT2D eigenvalue weighted by atomic mass is 9.94. The SMILES string of the molecule is O=C(CN1CCOC1=O)N1CCCC(Cc2nc(-c3cnccn3)no2)C1. The summed E-state index contributed by atoms with van der Waals surface area (Å²) in [5.74, 6) is 1.13. The van der Waals surface area contributed by atoms with Crippen LogP contribution in [0, 0.1) is 5.92 Å². The summed E-state index contributed by atoms with van der Waals surface area (Å²) in [6.45, 7) is 2.20. The van der Waals surface area contributed by atoms with Crippen molar-refractivity contribution in [2.75, 3.05) is 32.8 Å². The molecule has 4 rings (SSSR count). The number of hydrogen-bond acceptors (Lipinski definition) is 8. The van der Waals surface area contributed by atoms with Gasteiger partial charge in [-0.3, -0.25) is 14.7 Å². The topological polar surface area (TPSA) is 115 Å². The third kappa shape index (κ3) is 4.04. The molecule has 0 bridgehead atoms. The third-order valence-corrected chi connectivity index (χ3v) is 4.77. The maximum atomic E-state index is 12.5. The van der Waals surface area contributed by atoms with Crippen LogP contribution in [0.3, 0.4) is 0 Å². The first-order valence-corrected chi connectivity index (χ1v) is 8.97. The number of amides is 2. The van der Waals surface area contributed by atoms with Crippen LogP contribution in [0.4, 0.5) is 4.79 Å². The van der Waals surface area contributed by atoms with E-state index in [-0.39, 0.29) is 18.4 Å². The highest BCUT2D eigenvalue weighted by atomic mass is 16.6. The maximum Gasteiger partial charge on any atom is 0.410 e. The van der Waals surface area contributed by atoms with Gasteiger partial charge < -0.3 is 14.2 Å². The molecule has 2 saturated heterocycles. The first kappa shape index (κ1) is 17.4. The molecule has 0 radical (unpaired) electrons. The van der Waals surface area contributed by atoms with Crippen LogP contribution in [0.1, 0.15) is 18.7 Å². The van der Waals surface area contributed by atoms with Gasteiger partial charge in [-0.1, -0.05) is 5.16 Å². The molecule has 2 aromatic rings. The van der Waals surface area contributed by atoms with Crippen LogP contribution in [-0.4, -0.2) is 74.7 Å². The second-order valence-corrected chi connectivity index (χ2v) is 6.69. The highest BCUT2D eigenvalue weighted by Gasteiger charge is 2.30. The summed E-state index contributed by atoms with van der Waals surface area (Å²) in [5.41, 5.74) is 0.561. The Hall–Kier alpha value is -3.04. The van der Waals surface area contributed by atoms with Gasteiger partial charge in [0.15, 0.2) is 0 Å². The van der Waals surface area contributed by atoms with Crippen molar-refractivity contribution in [1.82, 2.24) is 29.9 Å². The molecule has 142 valence electrons. The largest absolute Gasteiger partial charge is 0.448 e. The van der Waals surface area contributed by atoms with Crippen LogP contribution in [0.2, 0.25) is 0 Å². The molecular weight excluding hydrogens is 352 g/mol. The minimum absolute atomic E-state index is 0.0515. The minimum Gasteiger partial charge on any atom is -0.448 e. The molecule has 10 heteroatoms. The maximum absolute atomic E-state index is 12.5. The zero-order valence-corrected chi connectivity index (χ0v) is 14.8. The van der Waals surface area contributed by atoms with Crippen LogP contribution in [0.15, 0.2) is 23.1 Å². The first-order chi connectivity index (χ1) is 13.2.